The number of benzene rings is 2. The Hall–Kier alpha value is -1.61. The molecule has 3 aromatic rings. The van der Waals surface area contributed by atoms with Crippen LogP contribution in [-0.4, -0.2) is 13.4 Å². The highest BCUT2D eigenvalue weighted by molar-refractivity contribution is 7.99. The highest BCUT2D eigenvalue weighted by Crippen LogP contribution is 2.40. The Morgan fingerprint density at radius 2 is 2.00 bits per heavy atom. The number of sulfonamides is 1. The van der Waals surface area contributed by atoms with Crippen LogP contribution in [0.25, 0.3) is 0 Å². The molecular formula is C17H14ClFN2O2S3. The fourth-order valence-corrected chi connectivity index (χ4v) is 5.49. The van der Waals surface area contributed by atoms with E-state index in [1.54, 1.807) is 5.38 Å². The van der Waals surface area contributed by atoms with E-state index in [1.165, 1.54) is 18.0 Å². The number of halogens is 2. The maximum Gasteiger partial charge on any atom is 0.266 e. The summed E-state index contributed by atoms with van der Waals surface area (Å²) in [5.41, 5.74) is 1.07. The standard InChI is InChI=1S/C17H14ClFN2O2S3/c1-11(12-5-3-2-4-6-12)25-15-10-14(19)16(9-13(15)18)26(22,23)21-17-20-7-8-24-17/h2-11H,1H3,(H,20,21)/t11-/m0/s1. The van der Waals surface area contributed by atoms with Crippen molar-refractivity contribution in [1.82, 2.24) is 4.98 Å². The smallest absolute Gasteiger partial charge is 0.255 e. The molecule has 0 amide bonds. The van der Waals surface area contributed by atoms with Gasteiger partial charge in [-0.3, -0.25) is 4.72 Å². The second-order valence-corrected chi connectivity index (χ2v) is 9.66. The van der Waals surface area contributed by atoms with Crippen molar-refractivity contribution < 1.29 is 12.8 Å². The summed E-state index contributed by atoms with van der Waals surface area (Å²) >= 11 is 8.70. The molecule has 4 nitrogen and oxygen atoms in total. The maximum absolute atomic E-state index is 14.5. The number of hydrogen-bond donors (Lipinski definition) is 1. The van der Waals surface area contributed by atoms with Crippen LogP contribution in [0.2, 0.25) is 5.02 Å². The molecular weight excluding hydrogens is 415 g/mol. The van der Waals surface area contributed by atoms with E-state index >= 15 is 0 Å². The van der Waals surface area contributed by atoms with E-state index in [4.69, 9.17) is 11.6 Å². The quantitative estimate of drug-likeness (QED) is 0.520. The van der Waals surface area contributed by atoms with Crippen LogP contribution in [0, 0.1) is 5.82 Å². The molecule has 0 saturated carbocycles. The Balaban J connectivity index is 1.86. The zero-order valence-electron chi connectivity index (χ0n) is 13.5. The zero-order valence-corrected chi connectivity index (χ0v) is 16.7. The van der Waals surface area contributed by atoms with E-state index in [0.717, 1.165) is 29.0 Å². The normalized spacial score (nSPS) is 12.7. The van der Waals surface area contributed by atoms with Crippen molar-refractivity contribution in [3.05, 3.63) is 70.4 Å². The molecule has 136 valence electrons. The molecule has 0 spiro atoms. The van der Waals surface area contributed by atoms with E-state index in [-0.39, 0.29) is 15.4 Å². The van der Waals surface area contributed by atoms with Crippen LogP contribution < -0.4 is 4.72 Å². The first-order valence-corrected chi connectivity index (χ1v) is 11.1. The van der Waals surface area contributed by atoms with Gasteiger partial charge in [0.1, 0.15) is 10.7 Å². The third-order valence-corrected chi connectivity index (χ3v) is 7.32. The Bertz CT molecular complexity index is 996. The summed E-state index contributed by atoms with van der Waals surface area (Å²) in [7, 11) is -4.10. The lowest BCUT2D eigenvalue weighted by molar-refractivity contribution is 0.568. The van der Waals surface area contributed by atoms with Gasteiger partial charge in [-0.2, -0.15) is 0 Å². The molecule has 0 radical (unpaired) electrons. The zero-order chi connectivity index (χ0) is 18.7. The van der Waals surface area contributed by atoms with Crippen molar-refractivity contribution in [2.45, 2.75) is 22.0 Å². The predicted octanol–water partition coefficient (Wildman–Crippen LogP) is 5.59. The van der Waals surface area contributed by atoms with Crippen LogP contribution in [0.1, 0.15) is 17.7 Å². The van der Waals surface area contributed by atoms with Crippen molar-refractivity contribution in [2.24, 2.45) is 0 Å². The topological polar surface area (TPSA) is 59.1 Å². The van der Waals surface area contributed by atoms with Crippen LogP contribution >= 0.6 is 34.7 Å². The maximum atomic E-state index is 14.5. The van der Waals surface area contributed by atoms with Gasteiger partial charge in [-0.15, -0.1) is 23.1 Å². The second-order valence-electron chi connectivity index (χ2n) is 5.33. The minimum Gasteiger partial charge on any atom is -0.255 e. The number of hydrogen-bond acceptors (Lipinski definition) is 5. The largest absolute Gasteiger partial charge is 0.266 e. The molecule has 0 aliphatic rings. The number of nitrogens with one attached hydrogen (secondary N) is 1. The van der Waals surface area contributed by atoms with E-state index in [9.17, 15) is 12.8 Å². The number of anilines is 1. The van der Waals surface area contributed by atoms with E-state index in [0.29, 0.717) is 4.90 Å². The van der Waals surface area contributed by atoms with Crippen molar-refractivity contribution in [3.8, 4) is 0 Å². The first kappa shape index (κ1) is 19.2. The van der Waals surface area contributed by atoms with Crippen molar-refractivity contribution in [1.29, 1.82) is 0 Å². The SMILES string of the molecule is C[C@H](Sc1cc(F)c(S(=O)(=O)Nc2nccs2)cc1Cl)c1ccccc1. The molecule has 1 aromatic heterocycles. The number of rotatable bonds is 6. The molecule has 0 saturated heterocycles. The average Bonchev–Trinajstić information content (AvgIpc) is 3.10. The molecule has 1 N–H and O–H groups in total. The Morgan fingerprint density at radius 3 is 2.65 bits per heavy atom. The summed E-state index contributed by atoms with van der Waals surface area (Å²) in [4.78, 5) is 3.81. The molecule has 1 atom stereocenters. The lowest BCUT2D eigenvalue weighted by Gasteiger charge is -2.14. The van der Waals surface area contributed by atoms with Gasteiger partial charge < -0.3 is 0 Å². The van der Waals surface area contributed by atoms with Gasteiger partial charge in [-0.1, -0.05) is 41.9 Å². The number of thiazole rings is 1. The Labute approximate surface area is 164 Å². The Kier molecular flexibility index (Phi) is 5.86. The van der Waals surface area contributed by atoms with Crippen LogP contribution in [0.4, 0.5) is 9.52 Å². The fraction of sp³-hybridized carbons (Fsp3) is 0.118. The monoisotopic (exact) mass is 428 g/mol. The molecule has 26 heavy (non-hydrogen) atoms. The molecule has 0 aliphatic carbocycles. The summed E-state index contributed by atoms with van der Waals surface area (Å²) in [5.74, 6) is -0.860. The van der Waals surface area contributed by atoms with E-state index in [1.807, 2.05) is 37.3 Å². The van der Waals surface area contributed by atoms with E-state index < -0.39 is 20.7 Å². The van der Waals surface area contributed by atoms with Gasteiger partial charge >= 0.3 is 0 Å². The molecule has 0 aliphatic heterocycles. The minimum absolute atomic E-state index is 0.0315. The van der Waals surface area contributed by atoms with Gasteiger partial charge in [0.25, 0.3) is 10.0 Å². The van der Waals surface area contributed by atoms with Gasteiger partial charge in [0, 0.05) is 21.7 Å². The molecule has 0 fully saturated rings. The van der Waals surface area contributed by atoms with Gasteiger partial charge in [0.2, 0.25) is 0 Å². The summed E-state index contributed by atoms with van der Waals surface area (Å²) in [6.07, 6.45) is 1.45. The summed E-state index contributed by atoms with van der Waals surface area (Å²) in [6.45, 7) is 1.98. The third kappa shape index (κ3) is 4.37. The second kappa shape index (κ2) is 7.96. The van der Waals surface area contributed by atoms with Crippen molar-refractivity contribution >= 4 is 49.9 Å². The number of thioether (sulfide) groups is 1. The van der Waals surface area contributed by atoms with Crippen LogP contribution in [0.3, 0.4) is 0 Å². The highest BCUT2D eigenvalue weighted by atomic mass is 35.5. The lowest BCUT2D eigenvalue weighted by atomic mass is 10.2. The molecule has 1 heterocycles. The molecule has 0 unspecified atom stereocenters. The van der Waals surface area contributed by atoms with Crippen LogP contribution in [0.15, 0.2) is 63.8 Å². The summed E-state index contributed by atoms with van der Waals surface area (Å²) in [6, 6.07) is 12.0. The van der Waals surface area contributed by atoms with Gasteiger partial charge in [-0.05, 0) is 24.6 Å². The first-order chi connectivity index (χ1) is 12.4. The molecule has 2 aromatic carbocycles. The third-order valence-electron chi connectivity index (χ3n) is 3.50. The molecule has 3 rings (SSSR count). The average molecular weight is 429 g/mol. The summed E-state index contributed by atoms with van der Waals surface area (Å²) in [5, 5.41) is 1.99. The van der Waals surface area contributed by atoms with Crippen LogP contribution in [0.5, 0.6) is 0 Å². The number of nitrogens with zero attached hydrogens (tertiary/aromatic N) is 1. The lowest BCUT2D eigenvalue weighted by Crippen LogP contribution is -2.14. The molecule has 0 bridgehead atoms. The summed E-state index contributed by atoms with van der Waals surface area (Å²) < 4.78 is 41.5. The van der Waals surface area contributed by atoms with Gasteiger partial charge in [0.05, 0.1) is 5.02 Å². The van der Waals surface area contributed by atoms with Gasteiger partial charge in [0.15, 0.2) is 5.13 Å². The van der Waals surface area contributed by atoms with Gasteiger partial charge in [-0.25, -0.2) is 17.8 Å². The highest BCUT2D eigenvalue weighted by Gasteiger charge is 2.23. The predicted molar refractivity (Wildman–Crippen MR) is 105 cm³/mol. The van der Waals surface area contributed by atoms with Crippen molar-refractivity contribution in [3.63, 3.8) is 0 Å². The van der Waals surface area contributed by atoms with E-state index in [2.05, 4.69) is 9.71 Å². The Morgan fingerprint density at radius 1 is 1.27 bits per heavy atom. The molecule has 9 heteroatoms. The minimum atomic E-state index is -4.10. The van der Waals surface area contributed by atoms with Crippen molar-refractivity contribution in [2.75, 3.05) is 4.72 Å². The number of aromatic nitrogens is 1. The van der Waals surface area contributed by atoms with Crippen LogP contribution in [-0.2, 0) is 10.0 Å². The first-order valence-electron chi connectivity index (χ1n) is 7.50. The fourth-order valence-electron chi connectivity index (χ4n) is 2.23.